The Morgan fingerprint density at radius 2 is 1.85 bits per heavy atom. The maximum Gasteiger partial charge on any atom is 0.336 e. The molecule has 0 N–H and O–H groups in total. The zero-order valence-electron chi connectivity index (χ0n) is 15.5. The van der Waals surface area contributed by atoms with Gasteiger partial charge in [0.15, 0.2) is 0 Å². The molecule has 0 fully saturated rings. The molecule has 0 aliphatic heterocycles. The molecule has 0 saturated carbocycles. The van der Waals surface area contributed by atoms with E-state index in [1.165, 1.54) is 23.0 Å². The quantitative estimate of drug-likeness (QED) is 0.649. The second-order valence-electron chi connectivity index (χ2n) is 5.88. The molecule has 1 amide bonds. The molecule has 0 unspecified atom stereocenters. The number of likely N-dealkylation sites (N-methyl/N-ethyl adjacent to an activating group) is 1. The highest BCUT2D eigenvalue weighted by molar-refractivity contribution is 7.17. The minimum Gasteiger partial charge on any atom is -0.495 e. The number of benzene rings is 1. The number of fused-ring (bicyclic) bond motifs is 1. The number of methoxy groups -OCH3 is 1. The van der Waals surface area contributed by atoms with Gasteiger partial charge in [0, 0.05) is 13.1 Å². The van der Waals surface area contributed by atoms with E-state index in [4.69, 9.17) is 4.74 Å². The third-order valence-corrected chi connectivity index (χ3v) is 5.38. The van der Waals surface area contributed by atoms with Gasteiger partial charge < -0.3 is 9.64 Å². The number of ether oxygens (including phenoxy) is 1. The fourth-order valence-electron chi connectivity index (χ4n) is 3.08. The van der Waals surface area contributed by atoms with Gasteiger partial charge in [-0.1, -0.05) is 12.1 Å². The number of hydrogen-bond donors (Lipinski definition) is 0. The monoisotopic (exact) mass is 387 g/mol. The first-order valence-corrected chi connectivity index (χ1v) is 9.55. The Kier molecular flexibility index (Phi) is 5.46. The van der Waals surface area contributed by atoms with Crippen LogP contribution in [0.1, 0.15) is 13.8 Å². The van der Waals surface area contributed by atoms with Crippen LogP contribution in [0.5, 0.6) is 5.75 Å². The van der Waals surface area contributed by atoms with Crippen LogP contribution in [0.3, 0.4) is 0 Å². The lowest BCUT2D eigenvalue weighted by atomic mass is 10.3. The molecule has 7 nitrogen and oxygen atoms in total. The second kappa shape index (κ2) is 7.79. The van der Waals surface area contributed by atoms with Crippen molar-refractivity contribution < 1.29 is 9.53 Å². The standard InChI is InChI=1S/C19H21N3O4S/c1-4-20(5-2)16(23)12-21-14-10-11-27-17(14)18(24)22(19(21)25)13-8-6-7-9-15(13)26-3/h6-11H,4-5,12H2,1-3H3. The summed E-state index contributed by atoms with van der Waals surface area (Å²) in [5.41, 5.74) is -0.145. The van der Waals surface area contributed by atoms with Crippen LogP contribution in [-0.4, -0.2) is 40.1 Å². The summed E-state index contributed by atoms with van der Waals surface area (Å²) >= 11 is 1.25. The zero-order valence-corrected chi connectivity index (χ0v) is 16.3. The van der Waals surface area contributed by atoms with Crippen molar-refractivity contribution in [3.05, 3.63) is 56.5 Å². The van der Waals surface area contributed by atoms with E-state index in [1.807, 2.05) is 13.8 Å². The van der Waals surface area contributed by atoms with Gasteiger partial charge in [-0.3, -0.25) is 14.2 Å². The van der Waals surface area contributed by atoms with Crippen LogP contribution in [0.2, 0.25) is 0 Å². The van der Waals surface area contributed by atoms with Crippen molar-refractivity contribution in [2.75, 3.05) is 20.2 Å². The van der Waals surface area contributed by atoms with E-state index in [-0.39, 0.29) is 12.5 Å². The van der Waals surface area contributed by atoms with Gasteiger partial charge in [0.25, 0.3) is 5.56 Å². The van der Waals surface area contributed by atoms with E-state index < -0.39 is 11.2 Å². The third kappa shape index (κ3) is 3.28. The fourth-order valence-corrected chi connectivity index (χ4v) is 3.90. The Hall–Kier alpha value is -2.87. The highest BCUT2D eigenvalue weighted by atomic mass is 32.1. The van der Waals surface area contributed by atoms with Gasteiger partial charge >= 0.3 is 5.69 Å². The summed E-state index contributed by atoms with van der Waals surface area (Å²) in [6.07, 6.45) is 0. The Bertz CT molecular complexity index is 1090. The Balaban J connectivity index is 2.27. The first-order valence-electron chi connectivity index (χ1n) is 8.67. The number of thiophene rings is 1. The van der Waals surface area contributed by atoms with E-state index in [0.717, 1.165) is 4.57 Å². The Morgan fingerprint density at radius 3 is 2.52 bits per heavy atom. The summed E-state index contributed by atoms with van der Waals surface area (Å²) in [5, 5.41) is 1.75. The van der Waals surface area contributed by atoms with Crippen molar-refractivity contribution in [1.29, 1.82) is 0 Å². The van der Waals surface area contributed by atoms with Crippen molar-refractivity contribution in [2.24, 2.45) is 0 Å². The summed E-state index contributed by atoms with van der Waals surface area (Å²) in [6.45, 7) is 4.77. The molecular formula is C19H21N3O4S. The van der Waals surface area contributed by atoms with Gasteiger partial charge in [-0.15, -0.1) is 11.3 Å². The molecule has 0 aliphatic rings. The lowest BCUT2D eigenvalue weighted by Crippen LogP contribution is -2.42. The molecule has 0 saturated heterocycles. The Morgan fingerprint density at radius 1 is 1.15 bits per heavy atom. The molecule has 0 bridgehead atoms. The molecule has 0 atom stereocenters. The predicted octanol–water partition coefficient (Wildman–Crippen LogP) is 2.09. The van der Waals surface area contributed by atoms with Crippen LogP contribution in [-0.2, 0) is 11.3 Å². The minimum atomic E-state index is -0.559. The van der Waals surface area contributed by atoms with E-state index in [1.54, 1.807) is 40.6 Å². The predicted molar refractivity (Wildman–Crippen MR) is 106 cm³/mol. The number of para-hydroxylation sites is 2. The lowest BCUT2D eigenvalue weighted by Gasteiger charge is -2.20. The van der Waals surface area contributed by atoms with Crippen LogP contribution in [0.15, 0.2) is 45.3 Å². The number of hydrogen-bond acceptors (Lipinski definition) is 5. The average molecular weight is 387 g/mol. The van der Waals surface area contributed by atoms with Crippen LogP contribution < -0.4 is 16.0 Å². The molecule has 3 aromatic rings. The van der Waals surface area contributed by atoms with Gasteiger partial charge in [0.1, 0.15) is 17.0 Å². The van der Waals surface area contributed by atoms with Gasteiger partial charge in [0.2, 0.25) is 5.91 Å². The SMILES string of the molecule is CCN(CC)C(=O)Cn1c(=O)n(-c2ccccc2OC)c(=O)c2sccc21. The fraction of sp³-hybridized carbons (Fsp3) is 0.316. The van der Waals surface area contributed by atoms with Gasteiger partial charge in [-0.25, -0.2) is 9.36 Å². The van der Waals surface area contributed by atoms with Crippen molar-refractivity contribution in [2.45, 2.75) is 20.4 Å². The molecular weight excluding hydrogens is 366 g/mol. The summed E-state index contributed by atoms with van der Waals surface area (Å²) in [6, 6.07) is 8.53. The van der Waals surface area contributed by atoms with Crippen LogP contribution >= 0.6 is 11.3 Å². The summed E-state index contributed by atoms with van der Waals surface area (Å²) in [7, 11) is 1.48. The Labute approximate surface area is 160 Å². The molecule has 0 radical (unpaired) electrons. The normalized spacial score (nSPS) is 10.9. The second-order valence-corrected chi connectivity index (χ2v) is 6.80. The topological polar surface area (TPSA) is 73.5 Å². The molecule has 3 rings (SSSR count). The minimum absolute atomic E-state index is 0.122. The first kappa shape index (κ1) is 18.9. The zero-order chi connectivity index (χ0) is 19.6. The van der Waals surface area contributed by atoms with Gasteiger partial charge in [-0.2, -0.15) is 0 Å². The first-order chi connectivity index (χ1) is 13.0. The molecule has 142 valence electrons. The molecule has 2 heterocycles. The largest absolute Gasteiger partial charge is 0.495 e. The van der Waals surface area contributed by atoms with Gasteiger partial charge in [-0.05, 0) is 37.4 Å². The molecule has 0 aliphatic carbocycles. The van der Waals surface area contributed by atoms with Crippen molar-refractivity contribution >= 4 is 27.5 Å². The number of carbonyl (C=O) groups excluding carboxylic acids is 1. The van der Waals surface area contributed by atoms with E-state index >= 15 is 0 Å². The highest BCUT2D eigenvalue weighted by Gasteiger charge is 2.20. The van der Waals surface area contributed by atoms with Crippen LogP contribution in [0.4, 0.5) is 0 Å². The maximum absolute atomic E-state index is 13.2. The van der Waals surface area contributed by atoms with E-state index in [9.17, 15) is 14.4 Å². The summed E-state index contributed by atoms with van der Waals surface area (Å²) in [4.78, 5) is 40.4. The molecule has 0 spiro atoms. The molecule has 8 heteroatoms. The lowest BCUT2D eigenvalue weighted by molar-refractivity contribution is -0.131. The van der Waals surface area contributed by atoms with Crippen molar-refractivity contribution in [3.63, 3.8) is 0 Å². The smallest absolute Gasteiger partial charge is 0.336 e. The van der Waals surface area contributed by atoms with Crippen molar-refractivity contribution in [3.8, 4) is 11.4 Å². The maximum atomic E-state index is 13.2. The number of rotatable bonds is 6. The number of nitrogens with zero attached hydrogens (tertiary/aromatic N) is 3. The number of amides is 1. The molecule has 27 heavy (non-hydrogen) atoms. The van der Waals surface area contributed by atoms with Gasteiger partial charge in [0.05, 0.1) is 18.3 Å². The van der Waals surface area contributed by atoms with Crippen molar-refractivity contribution in [1.82, 2.24) is 14.0 Å². The average Bonchev–Trinajstić information content (AvgIpc) is 3.16. The molecule has 1 aromatic carbocycles. The third-order valence-electron chi connectivity index (χ3n) is 4.49. The van der Waals surface area contributed by atoms with E-state index in [0.29, 0.717) is 34.7 Å². The summed E-state index contributed by atoms with van der Waals surface area (Å²) < 4.78 is 8.18. The highest BCUT2D eigenvalue weighted by Crippen LogP contribution is 2.22. The van der Waals surface area contributed by atoms with E-state index in [2.05, 4.69) is 0 Å². The summed E-state index contributed by atoms with van der Waals surface area (Å²) in [5.74, 6) is 0.244. The number of carbonyl (C=O) groups is 1. The van der Waals surface area contributed by atoms with Crippen LogP contribution in [0, 0.1) is 0 Å². The van der Waals surface area contributed by atoms with Crippen LogP contribution in [0.25, 0.3) is 15.9 Å². The molecule has 2 aromatic heterocycles. The number of aromatic nitrogens is 2.